The average Bonchev–Trinajstić information content (AvgIpc) is 2.67. The predicted octanol–water partition coefficient (Wildman–Crippen LogP) is 2.72. The van der Waals surface area contributed by atoms with Crippen LogP contribution in [-0.4, -0.2) is 25.6 Å². The summed E-state index contributed by atoms with van der Waals surface area (Å²) in [5.41, 5.74) is 7.17. The highest BCUT2D eigenvalue weighted by Crippen LogP contribution is 2.23. The summed E-state index contributed by atoms with van der Waals surface area (Å²) in [5, 5.41) is 7.19. The molecule has 2 aromatic rings. The van der Waals surface area contributed by atoms with Crippen molar-refractivity contribution >= 4 is 27.7 Å². The molecular weight excluding hydrogens is 312 g/mol. The van der Waals surface area contributed by atoms with E-state index in [1.165, 1.54) is 0 Å². The van der Waals surface area contributed by atoms with Crippen molar-refractivity contribution in [3.8, 4) is 0 Å². The molecule has 19 heavy (non-hydrogen) atoms. The van der Waals surface area contributed by atoms with Crippen molar-refractivity contribution in [2.24, 2.45) is 5.73 Å². The summed E-state index contributed by atoms with van der Waals surface area (Å²) >= 11 is 3.42. The van der Waals surface area contributed by atoms with Crippen LogP contribution in [0.25, 0.3) is 5.65 Å². The number of nitrogens with two attached hydrogens (primary N) is 1. The number of nitrogens with zero attached hydrogens (tertiary/aromatic N) is 3. The molecule has 0 aromatic carbocycles. The maximum atomic E-state index is 8.78. The zero-order valence-electron chi connectivity index (χ0n) is 11.3. The maximum Gasteiger partial charge on any atom is 0.402 e. The van der Waals surface area contributed by atoms with E-state index in [9.17, 15) is 0 Å². The lowest BCUT2D eigenvalue weighted by Crippen LogP contribution is -2.11. The SMILES string of the molecule is Cc1c(Br)ncc2nc(C(C)(C)C)cn12.NC(=O)O. The van der Waals surface area contributed by atoms with Crippen LogP contribution in [0.1, 0.15) is 32.2 Å². The van der Waals surface area contributed by atoms with Crippen LogP contribution in [0.15, 0.2) is 17.0 Å². The van der Waals surface area contributed by atoms with Gasteiger partial charge in [-0.15, -0.1) is 0 Å². The van der Waals surface area contributed by atoms with Crippen LogP contribution >= 0.6 is 15.9 Å². The maximum absolute atomic E-state index is 8.78. The van der Waals surface area contributed by atoms with Crippen molar-refractivity contribution in [1.29, 1.82) is 0 Å². The molecule has 2 heterocycles. The molecular formula is C12H17BrN4O2. The van der Waals surface area contributed by atoms with Crippen molar-refractivity contribution in [3.63, 3.8) is 0 Å². The molecule has 2 rings (SSSR count). The predicted molar refractivity (Wildman–Crippen MR) is 76.3 cm³/mol. The number of carboxylic acid groups (broad SMARTS) is 1. The standard InChI is InChI=1S/C11H14BrN3.CH3NO2/c1-7-10(12)13-5-9-14-8(6-15(7)9)11(2,3)4;2-1(3)4/h5-6H,1-4H3;2H2,(H,3,4). The Morgan fingerprint density at radius 2 is 2.00 bits per heavy atom. The molecule has 0 aliphatic rings. The summed E-state index contributed by atoms with van der Waals surface area (Å²) in [4.78, 5) is 17.6. The fourth-order valence-corrected chi connectivity index (χ4v) is 1.72. The molecule has 104 valence electrons. The third kappa shape index (κ3) is 3.92. The van der Waals surface area contributed by atoms with Gasteiger partial charge in [-0.25, -0.2) is 14.8 Å². The van der Waals surface area contributed by atoms with E-state index in [1.807, 2.05) is 6.92 Å². The molecule has 2 aromatic heterocycles. The Hall–Kier alpha value is -1.63. The normalized spacial score (nSPS) is 11.0. The molecule has 0 saturated carbocycles. The first-order valence-electron chi connectivity index (χ1n) is 5.62. The molecule has 0 unspecified atom stereocenters. The van der Waals surface area contributed by atoms with Crippen LogP contribution in [0.2, 0.25) is 0 Å². The summed E-state index contributed by atoms with van der Waals surface area (Å²) in [6.07, 6.45) is 2.53. The number of halogens is 1. The first-order chi connectivity index (χ1) is 8.62. The molecule has 7 heteroatoms. The minimum absolute atomic E-state index is 0.0743. The van der Waals surface area contributed by atoms with Gasteiger partial charge in [0.05, 0.1) is 17.6 Å². The number of aromatic nitrogens is 3. The molecule has 3 N–H and O–H groups in total. The lowest BCUT2D eigenvalue weighted by molar-refractivity contribution is 0.205. The number of aryl methyl sites for hydroxylation is 1. The summed E-state index contributed by atoms with van der Waals surface area (Å²) in [5.74, 6) is 0. The van der Waals surface area contributed by atoms with Crippen molar-refractivity contribution in [1.82, 2.24) is 14.4 Å². The molecule has 0 bridgehead atoms. The first kappa shape index (κ1) is 15.4. The second-order valence-electron chi connectivity index (χ2n) is 5.08. The van der Waals surface area contributed by atoms with Gasteiger partial charge in [-0.1, -0.05) is 20.8 Å². The molecule has 0 aliphatic heterocycles. The number of rotatable bonds is 0. The summed E-state index contributed by atoms with van der Waals surface area (Å²) in [7, 11) is 0. The van der Waals surface area contributed by atoms with Gasteiger partial charge in [0.1, 0.15) is 4.60 Å². The number of fused-ring (bicyclic) bond motifs is 1. The molecule has 0 atom stereocenters. The van der Waals surface area contributed by atoms with E-state index in [4.69, 9.17) is 9.90 Å². The van der Waals surface area contributed by atoms with Crippen molar-refractivity contribution in [2.45, 2.75) is 33.1 Å². The number of imidazole rings is 1. The summed E-state index contributed by atoms with van der Waals surface area (Å²) in [6.45, 7) is 8.50. The lowest BCUT2D eigenvalue weighted by Gasteiger charge is -2.13. The van der Waals surface area contributed by atoms with Crippen LogP contribution in [0.4, 0.5) is 4.79 Å². The number of hydrogen-bond donors (Lipinski definition) is 2. The van der Waals surface area contributed by atoms with E-state index in [0.717, 1.165) is 21.6 Å². The van der Waals surface area contributed by atoms with Gasteiger partial charge in [-0.3, -0.25) is 0 Å². The highest BCUT2D eigenvalue weighted by molar-refractivity contribution is 9.10. The van der Waals surface area contributed by atoms with Gasteiger partial charge in [0.25, 0.3) is 0 Å². The Labute approximate surface area is 119 Å². The minimum atomic E-state index is -1.33. The van der Waals surface area contributed by atoms with Gasteiger partial charge in [-0.2, -0.15) is 0 Å². The molecule has 0 saturated heterocycles. The zero-order valence-corrected chi connectivity index (χ0v) is 12.9. The van der Waals surface area contributed by atoms with Crippen LogP contribution in [0.5, 0.6) is 0 Å². The quantitative estimate of drug-likeness (QED) is 0.777. The Kier molecular flexibility index (Phi) is 4.52. The van der Waals surface area contributed by atoms with E-state index >= 15 is 0 Å². The Bertz CT molecular complexity index is 598. The molecule has 1 amide bonds. The average molecular weight is 329 g/mol. The van der Waals surface area contributed by atoms with Gasteiger partial charge in [0.2, 0.25) is 0 Å². The Morgan fingerprint density at radius 1 is 1.47 bits per heavy atom. The number of amides is 1. The fraction of sp³-hybridized carbons (Fsp3) is 0.417. The third-order valence-corrected chi connectivity index (χ3v) is 3.23. The smallest absolute Gasteiger partial charge is 0.402 e. The second kappa shape index (κ2) is 5.56. The van der Waals surface area contributed by atoms with Crippen LogP contribution in [0.3, 0.4) is 0 Å². The highest BCUT2D eigenvalue weighted by atomic mass is 79.9. The Morgan fingerprint density at radius 3 is 2.47 bits per heavy atom. The van der Waals surface area contributed by atoms with Crippen LogP contribution in [0, 0.1) is 6.92 Å². The van der Waals surface area contributed by atoms with E-state index in [1.54, 1.807) is 6.20 Å². The van der Waals surface area contributed by atoms with Gasteiger partial charge in [0.15, 0.2) is 5.65 Å². The molecule has 6 nitrogen and oxygen atoms in total. The monoisotopic (exact) mass is 328 g/mol. The molecule has 0 fully saturated rings. The van der Waals surface area contributed by atoms with Crippen LogP contribution < -0.4 is 5.73 Å². The van der Waals surface area contributed by atoms with Crippen molar-refractivity contribution in [3.05, 3.63) is 28.4 Å². The molecule has 0 radical (unpaired) electrons. The Balaban J connectivity index is 0.000000399. The largest absolute Gasteiger partial charge is 0.465 e. The van der Waals surface area contributed by atoms with Gasteiger partial charge in [0, 0.05) is 11.6 Å². The summed E-state index contributed by atoms with van der Waals surface area (Å²) < 4.78 is 2.94. The zero-order chi connectivity index (χ0) is 14.8. The van der Waals surface area contributed by atoms with E-state index in [2.05, 4.69) is 63.0 Å². The van der Waals surface area contributed by atoms with Crippen LogP contribution in [-0.2, 0) is 5.41 Å². The first-order valence-corrected chi connectivity index (χ1v) is 6.41. The van der Waals surface area contributed by atoms with Crippen molar-refractivity contribution in [2.75, 3.05) is 0 Å². The summed E-state index contributed by atoms with van der Waals surface area (Å²) in [6, 6.07) is 0. The minimum Gasteiger partial charge on any atom is -0.465 e. The highest BCUT2D eigenvalue weighted by Gasteiger charge is 2.18. The van der Waals surface area contributed by atoms with Crippen molar-refractivity contribution < 1.29 is 9.90 Å². The number of hydrogen-bond acceptors (Lipinski definition) is 3. The number of carbonyl (C=O) groups is 1. The molecule has 0 spiro atoms. The van der Waals surface area contributed by atoms with E-state index < -0.39 is 6.09 Å². The van der Waals surface area contributed by atoms with Gasteiger partial charge < -0.3 is 15.2 Å². The second-order valence-corrected chi connectivity index (χ2v) is 5.83. The fourth-order valence-electron chi connectivity index (χ4n) is 1.42. The lowest BCUT2D eigenvalue weighted by atomic mass is 9.93. The van der Waals surface area contributed by atoms with E-state index in [-0.39, 0.29) is 5.41 Å². The third-order valence-electron chi connectivity index (χ3n) is 2.45. The topological polar surface area (TPSA) is 93.5 Å². The van der Waals surface area contributed by atoms with E-state index in [0.29, 0.717) is 0 Å². The van der Waals surface area contributed by atoms with Gasteiger partial charge >= 0.3 is 6.09 Å². The molecule has 0 aliphatic carbocycles. The van der Waals surface area contributed by atoms with Gasteiger partial charge in [-0.05, 0) is 22.9 Å². The number of primary amides is 1.